The van der Waals surface area contributed by atoms with Crippen molar-refractivity contribution in [3.63, 3.8) is 0 Å². The molecule has 1 rings (SSSR count). The summed E-state index contributed by atoms with van der Waals surface area (Å²) in [5.74, 6) is 3.28. The number of hydrogen-bond donors (Lipinski definition) is 1. The van der Waals surface area contributed by atoms with Gasteiger partial charge in [0.2, 0.25) is 5.88 Å². The van der Waals surface area contributed by atoms with E-state index in [2.05, 4.69) is 56.8 Å². The molecule has 1 aromatic heterocycles. The maximum Gasteiger partial charge on any atom is 0.218 e. The first kappa shape index (κ1) is 16.7. The van der Waals surface area contributed by atoms with Crippen molar-refractivity contribution in [1.29, 1.82) is 0 Å². The van der Waals surface area contributed by atoms with E-state index < -0.39 is 0 Å². The van der Waals surface area contributed by atoms with Crippen LogP contribution in [0.3, 0.4) is 0 Å². The number of nitrogens with one attached hydrogen (secondary N) is 1. The van der Waals surface area contributed by atoms with Crippen molar-refractivity contribution in [2.24, 2.45) is 5.92 Å². The lowest BCUT2D eigenvalue weighted by molar-refractivity contribution is 0.185. The van der Waals surface area contributed by atoms with Gasteiger partial charge in [0.05, 0.1) is 6.10 Å². The SMILES string of the molecule is CCCNc1cc(OC(C)CC(C)C)nc(C(C)C)n1. The van der Waals surface area contributed by atoms with Gasteiger partial charge in [0.25, 0.3) is 0 Å². The lowest BCUT2D eigenvalue weighted by Gasteiger charge is -2.17. The maximum atomic E-state index is 5.95. The zero-order valence-electron chi connectivity index (χ0n) is 13.7. The van der Waals surface area contributed by atoms with Crippen molar-refractivity contribution in [2.75, 3.05) is 11.9 Å². The van der Waals surface area contributed by atoms with Crippen molar-refractivity contribution in [3.05, 3.63) is 11.9 Å². The smallest absolute Gasteiger partial charge is 0.218 e. The maximum absolute atomic E-state index is 5.95. The summed E-state index contributed by atoms with van der Waals surface area (Å²) in [6.45, 7) is 13.7. The number of aromatic nitrogens is 2. The summed E-state index contributed by atoms with van der Waals surface area (Å²) in [5, 5.41) is 3.31. The van der Waals surface area contributed by atoms with Crippen molar-refractivity contribution in [3.8, 4) is 5.88 Å². The molecule has 0 amide bonds. The molecule has 4 heteroatoms. The molecule has 1 heterocycles. The minimum Gasteiger partial charge on any atom is -0.474 e. The summed E-state index contributed by atoms with van der Waals surface area (Å²) in [4.78, 5) is 9.05. The van der Waals surface area contributed by atoms with E-state index in [1.54, 1.807) is 0 Å². The Bertz CT molecular complexity index is 405. The third-order valence-electron chi connectivity index (χ3n) is 2.92. The van der Waals surface area contributed by atoms with Gasteiger partial charge in [-0.05, 0) is 25.7 Å². The number of anilines is 1. The minimum atomic E-state index is 0.170. The Balaban J connectivity index is 2.85. The van der Waals surface area contributed by atoms with Gasteiger partial charge in [-0.3, -0.25) is 0 Å². The van der Waals surface area contributed by atoms with Crippen molar-refractivity contribution in [1.82, 2.24) is 9.97 Å². The summed E-state index contributed by atoms with van der Waals surface area (Å²) in [6, 6.07) is 1.90. The number of nitrogens with zero attached hydrogens (tertiary/aromatic N) is 2. The number of rotatable bonds is 8. The Kier molecular flexibility index (Phi) is 6.76. The second kappa shape index (κ2) is 8.08. The Morgan fingerprint density at radius 2 is 1.85 bits per heavy atom. The van der Waals surface area contributed by atoms with Gasteiger partial charge in [-0.25, -0.2) is 4.98 Å². The van der Waals surface area contributed by atoms with Gasteiger partial charge < -0.3 is 10.1 Å². The summed E-state index contributed by atoms with van der Waals surface area (Å²) >= 11 is 0. The van der Waals surface area contributed by atoms with Gasteiger partial charge in [-0.2, -0.15) is 4.98 Å². The van der Waals surface area contributed by atoms with Crippen molar-refractivity contribution in [2.45, 2.75) is 66.4 Å². The summed E-state index contributed by atoms with van der Waals surface area (Å²) in [7, 11) is 0. The second-order valence-corrected chi connectivity index (χ2v) is 6.09. The van der Waals surface area contributed by atoms with E-state index in [1.807, 2.05) is 6.07 Å². The minimum absolute atomic E-state index is 0.170. The van der Waals surface area contributed by atoms with Crippen LogP contribution < -0.4 is 10.1 Å². The highest BCUT2D eigenvalue weighted by atomic mass is 16.5. The number of hydrogen-bond acceptors (Lipinski definition) is 4. The molecule has 0 aliphatic carbocycles. The Labute approximate surface area is 123 Å². The van der Waals surface area contributed by atoms with E-state index in [4.69, 9.17) is 4.74 Å². The predicted octanol–water partition coefficient (Wildman–Crippen LogP) is 4.24. The first-order valence-corrected chi connectivity index (χ1v) is 7.71. The first-order valence-electron chi connectivity index (χ1n) is 7.71. The molecule has 1 atom stereocenters. The standard InChI is InChI=1S/C16H29N3O/c1-7-8-17-14-10-15(19-16(18-14)12(4)5)20-13(6)9-11(2)3/h10-13H,7-9H2,1-6H3,(H,17,18,19). The number of ether oxygens (including phenoxy) is 1. The highest BCUT2D eigenvalue weighted by molar-refractivity contribution is 5.38. The first-order chi connectivity index (χ1) is 9.42. The van der Waals surface area contributed by atoms with E-state index in [1.165, 1.54) is 0 Å². The molecule has 1 unspecified atom stereocenters. The molecule has 20 heavy (non-hydrogen) atoms. The molecule has 114 valence electrons. The van der Waals surface area contributed by atoms with Crippen LogP contribution in [0.15, 0.2) is 6.07 Å². The normalized spacial score (nSPS) is 12.8. The fraction of sp³-hybridized carbons (Fsp3) is 0.750. The fourth-order valence-corrected chi connectivity index (χ4v) is 2.02. The topological polar surface area (TPSA) is 47.0 Å². The predicted molar refractivity (Wildman–Crippen MR) is 84.4 cm³/mol. The lowest BCUT2D eigenvalue weighted by Crippen LogP contribution is -2.16. The largest absolute Gasteiger partial charge is 0.474 e. The van der Waals surface area contributed by atoms with Gasteiger partial charge in [0.15, 0.2) is 0 Å². The zero-order valence-corrected chi connectivity index (χ0v) is 13.7. The van der Waals surface area contributed by atoms with Crippen LogP contribution >= 0.6 is 0 Å². The molecule has 0 spiro atoms. The summed E-state index contributed by atoms with van der Waals surface area (Å²) < 4.78 is 5.95. The molecule has 1 aromatic rings. The van der Waals surface area contributed by atoms with Crippen molar-refractivity contribution < 1.29 is 4.74 Å². The van der Waals surface area contributed by atoms with Crippen LogP contribution in [-0.2, 0) is 0 Å². The monoisotopic (exact) mass is 279 g/mol. The molecule has 0 saturated carbocycles. The molecular weight excluding hydrogens is 250 g/mol. The summed E-state index contributed by atoms with van der Waals surface area (Å²) in [5.41, 5.74) is 0. The van der Waals surface area contributed by atoms with E-state index in [0.29, 0.717) is 17.7 Å². The van der Waals surface area contributed by atoms with Gasteiger partial charge in [-0.15, -0.1) is 0 Å². The van der Waals surface area contributed by atoms with Crippen molar-refractivity contribution >= 4 is 5.82 Å². The van der Waals surface area contributed by atoms with E-state index in [9.17, 15) is 0 Å². The highest BCUT2D eigenvalue weighted by Crippen LogP contribution is 2.20. The highest BCUT2D eigenvalue weighted by Gasteiger charge is 2.12. The van der Waals surface area contributed by atoms with Gasteiger partial charge in [0.1, 0.15) is 11.6 Å². The molecule has 0 saturated heterocycles. The average molecular weight is 279 g/mol. The van der Waals surface area contributed by atoms with Crippen LogP contribution in [0.25, 0.3) is 0 Å². The molecule has 4 nitrogen and oxygen atoms in total. The zero-order chi connectivity index (χ0) is 15.1. The third kappa shape index (κ3) is 5.76. The van der Waals surface area contributed by atoms with Crippen LogP contribution in [0.5, 0.6) is 5.88 Å². The van der Waals surface area contributed by atoms with Crippen LogP contribution in [0.1, 0.15) is 66.1 Å². The quantitative estimate of drug-likeness (QED) is 0.773. The molecule has 0 aliphatic heterocycles. The fourth-order valence-electron chi connectivity index (χ4n) is 2.02. The van der Waals surface area contributed by atoms with E-state index in [0.717, 1.165) is 31.0 Å². The molecular formula is C16H29N3O. The van der Waals surface area contributed by atoms with E-state index >= 15 is 0 Å². The average Bonchev–Trinajstić information content (AvgIpc) is 2.34. The van der Waals surface area contributed by atoms with Crippen LogP contribution in [0.4, 0.5) is 5.82 Å². The summed E-state index contributed by atoms with van der Waals surface area (Å²) in [6.07, 6.45) is 2.27. The lowest BCUT2D eigenvalue weighted by atomic mass is 10.1. The molecule has 0 fully saturated rings. The molecule has 1 N–H and O–H groups in total. The second-order valence-electron chi connectivity index (χ2n) is 6.09. The van der Waals surface area contributed by atoms with E-state index in [-0.39, 0.29) is 6.10 Å². The molecule has 0 radical (unpaired) electrons. The van der Waals surface area contributed by atoms with Gasteiger partial charge >= 0.3 is 0 Å². The Morgan fingerprint density at radius 1 is 1.15 bits per heavy atom. The third-order valence-corrected chi connectivity index (χ3v) is 2.92. The van der Waals surface area contributed by atoms with Gasteiger partial charge in [-0.1, -0.05) is 34.6 Å². The molecule has 0 aromatic carbocycles. The van der Waals surface area contributed by atoms with Gasteiger partial charge in [0, 0.05) is 18.5 Å². The molecule has 0 bridgehead atoms. The molecule has 0 aliphatic rings. The van der Waals surface area contributed by atoms with Crippen LogP contribution in [0, 0.1) is 5.92 Å². The Hall–Kier alpha value is -1.32. The van der Waals surface area contributed by atoms with Crippen LogP contribution in [0.2, 0.25) is 0 Å². The Morgan fingerprint density at radius 3 is 2.40 bits per heavy atom. The van der Waals surface area contributed by atoms with Crippen LogP contribution in [-0.4, -0.2) is 22.6 Å².